The maximum Gasteiger partial charge on any atom is 0.240 e. The van der Waals surface area contributed by atoms with Crippen molar-refractivity contribution < 1.29 is 17.9 Å². The number of rotatable bonds is 4. The highest BCUT2D eigenvalue weighted by Gasteiger charge is 2.33. The van der Waals surface area contributed by atoms with Crippen molar-refractivity contribution in [3.63, 3.8) is 0 Å². The van der Waals surface area contributed by atoms with Gasteiger partial charge in [-0.3, -0.25) is 0 Å². The normalized spacial score (nSPS) is 22.1. The monoisotopic (exact) mass is 363 g/mol. The molecule has 112 valence electrons. The van der Waals surface area contributed by atoms with Crippen LogP contribution < -0.4 is 4.72 Å². The van der Waals surface area contributed by atoms with Crippen molar-refractivity contribution in [2.24, 2.45) is 0 Å². The summed E-state index contributed by atoms with van der Waals surface area (Å²) in [5.74, 6) is -0.651. The van der Waals surface area contributed by atoms with E-state index in [4.69, 9.17) is 9.47 Å². The predicted molar refractivity (Wildman–Crippen MR) is 79.0 cm³/mol. The van der Waals surface area contributed by atoms with Crippen LogP contribution in [0.5, 0.6) is 0 Å². The lowest BCUT2D eigenvalue weighted by Gasteiger charge is -2.17. The van der Waals surface area contributed by atoms with Gasteiger partial charge in [-0.05, 0) is 38.5 Å². The van der Waals surface area contributed by atoms with Gasteiger partial charge in [0.15, 0.2) is 5.79 Å². The van der Waals surface area contributed by atoms with E-state index in [-0.39, 0.29) is 17.5 Å². The predicted octanol–water partition coefficient (Wildman–Crippen LogP) is 2.19. The van der Waals surface area contributed by atoms with Crippen molar-refractivity contribution in [2.75, 3.05) is 13.2 Å². The number of sulfonamides is 1. The van der Waals surface area contributed by atoms with Gasteiger partial charge >= 0.3 is 0 Å². The van der Waals surface area contributed by atoms with E-state index < -0.39 is 15.8 Å². The molecule has 1 saturated heterocycles. The van der Waals surface area contributed by atoms with Gasteiger partial charge in [-0.15, -0.1) is 0 Å². The fourth-order valence-corrected chi connectivity index (χ4v) is 3.85. The van der Waals surface area contributed by atoms with Gasteiger partial charge in [-0.1, -0.05) is 22.0 Å². The van der Waals surface area contributed by atoms with Crippen LogP contribution in [0, 0.1) is 6.92 Å². The summed E-state index contributed by atoms with van der Waals surface area (Å²) in [5, 5.41) is 0. The second-order valence-corrected chi connectivity index (χ2v) is 7.86. The molecule has 0 aliphatic carbocycles. The van der Waals surface area contributed by atoms with Gasteiger partial charge in [0.1, 0.15) is 0 Å². The molecule has 0 aromatic heterocycles. The van der Waals surface area contributed by atoms with Crippen molar-refractivity contribution in [1.82, 2.24) is 4.72 Å². The molecular formula is C13H18BrNO4S. The highest BCUT2D eigenvalue weighted by atomic mass is 79.9. The zero-order valence-corrected chi connectivity index (χ0v) is 14.0. The van der Waals surface area contributed by atoms with Gasteiger partial charge in [-0.2, -0.15) is 0 Å². The Hall–Kier alpha value is -0.470. The van der Waals surface area contributed by atoms with Crippen LogP contribution in [0.15, 0.2) is 27.6 Å². The molecule has 1 fully saturated rings. The van der Waals surface area contributed by atoms with Crippen LogP contribution in [-0.4, -0.2) is 33.5 Å². The van der Waals surface area contributed by atoms with Crippen LogP contribution in [0.25, 0.3) is 0 Å². The second-order valence-electron chi connectivity index (χ2n) is 5.21. The van der Waals surface area contributed by atoms with Crippen LogP contribution in [0.4, 0.5) is 0 Å². The van der Waals surface area contributed by atoms with Crippen molar-refractivity contribution in [1.29, 1.82) is 0 Å². The molecule has 1 N–H and O–H groups in total. The average molecular weight is 364 g/mol. The van der Waals surface area contributed by atoms with Gasteiger partial charge in [-0.25, -0.2) is 13.1 Å². The lowest BCUT2D eigenvalue weighted by Crippen LogP contribution is -2.34. The first-order valence-corrected chi connectivity index (χ1v) is 8.55. The standard InChI is InChI=1S/C13H18BrNO4S/c1-9-4-5-10(14)6-12(9)20(16,17)15-7-11-8-18-13(2,3)19-11/h4-6,11,15H,7-8H2,1-3H3. The number of hydrogen-bond donors (Lipinski definition) is 1. The molecule has 1 heterocycles. The minimum absolute atomic E-state index is 0.192. The van der Waals surface area contributed by atoms with E-state index >= 15 is 0 Å². The Morgan fingerprint density at radius 2 is 2.15 bits per heavy atom. The Labute approximate surface area is 127 Å². The van der Waals surface area contributed by atoms with Crippen LogP contribution in [0.2, 0.25) is 0 Å². The van der Waals surface area contributed by atoms with Gasteiger partial charge in [0.05, 0.1) is 17.6 Å². The molecule has 0 bridgehead atoms. The topological polar surface area (TPSA) is 64.6 Å². The first-order chi connectivity index (χ1) is 9.20. The summed E-state index contributed by atoms with van der Waals surface area (Å²) in [4.78, 5) is 0.269. The molecule has 1 aromatic carbocycles. The Morgan fingerprint density at radius 1 is 1.45 bits per heavy atom. The van der Waals surface area contributed by atoms with Gasteiger partial charge in [0.25, 0.3) is 0 Å². The maximum atomic E-state index is 12.3. The highest BCUT2D eigenvalue weighted by molar-refractivity contribution is 9.10. The summed E-state index contributed by atoms with van der Waals surface area (Å²) in [6, 6.07) is 5.16. The molecule has 5 nitrogen and oxygen atoms in total. The number of ether oxygens (including phenoxy) is 2. The summed E-state index contributed by atoms with van der Waals surface area (Å²) in [6.07, 6.45) is -0.271. The smallest absolute Gasteiger partial charge is 0.240 e. The largest absolute Gasteiger partial charge is 0.348 e. The third-order valence-electron chi connectivity index (χ3n) is 3.01. The zero-order valence-electron chi connectivity index (χ0n) is 11.6. The zero-order chi connectivity index (χ0) is 15.0. The lowest BCUT2D eigenvalue weighted by atomic mass is 10.2. The minimum Gasteiger partial charge on any atom is -0.348 e. The maximum absolute atomic E-state index is 12.3. The quantitative estimate of drug-likeness (QED) is 0.890. The van der Waals surface area contributed by atoms with E-state index in [1.54, 1.807) is 32.9 Å². The fraction of sp³-hybridized carbons (Fsp3) is 0.538. The molecule has 1 unspecified atom stereocenters. The van der Waals surface area contributed by atoms with Crippen molar-refractivity contribution in [3.8, 4) is 0 Å². The second kappa shape index (κ2) is 5.73. The molecule has 1 aliphatic heterocycles. The molecule has 1 aliphatic rings. The number of nitrogens with one attached hydrogen (secondary N) is 1. The van der Waals surface area contributed by atoms with Crippen molar-refractivity contribution in [3.05, 3.63) is 28.2 Å². The van der Waals surface area contributed by atoms with Crippen LogP contribution in [0.3, 0.4) is 0 Å². The first-order valence-electron chi connectivity index (χ1n) is 6.27. The molecule has 20 heavy (non-hydrogen) atoms. The molecule has 2 rings (SSSR count). The van der Waals surface area contributed by atoms with Crippen LogP contribution in [-0.2, 0) is 19.5 Å². The molecule has 0 amide bonds. The van der Waals surface area contributed by atoms with Crippen LogP contribution >= 0.6 is 15.9 Å². The Bertz CT molecular complexity index is 600. The molecule has 0 spiro atoms. The van der Waals surface area contributed by atoms with Crippen molar-refractivity contribution in [2.45, 2.75) is 37.6 Å². The van der Waals surface area contributed by atoms with Gasteiger partial charge in [0, 0.05) is 11.0 Å². The highest BCUT2D eigenvalue weighted by Crippen LogP contribution is 2.23. The first kappa shape index (κ1) is 15.9. The van der Waals surface area contributed by atoms with Crippen LogP contribution in [0.1, 0.15) is 19.4 Å². The Morgan fingerprint density at radius 3 is 2.75 bits per heavy atom. The summed E-state index contributed by atoms with van der Waals surface area (Å²) < 4.78 is 38.9. The molecule has 7 heteroatoms. The molecule has 0 saturated carbocycles. The number of halogens is 1. The summed E-state index contributed by atoms with van der Waals surface area (Å²) in [6.45, 7) is 5.95. The number of benzene rings is 1. The van der Waals surface area contributed by atoms with E-state index in [2.05, 4.69) is 20.7 Å². The van der Waals surface area contributed by atoms with Gasteiger partial charge < -0.3 is 9.47 Å². The summed E-state index contributed by atoms with van der Waals surface area (Å²) in [5.41, 5.74) is 0.699. The molecule has 0 radical (unpaired) electrons. The third kappa shape index (κ3) is 3.79. The van der Waals surface area contributed by atoms with E-state index in [1.165, 1.54) is 0 Å². The van der Waals surface area contributed by atoms with E-state index in [9.17, 15) is 8.42 Å². The Kier molecular flexibility index (Phi) is 4.56. The molecule has 1 aromatic rings. The summed E-state index contributed by atoms with van der Waals surface area (Å²) in [7, 11) is -3.55. The summed E-state index contributed by atoms with van der Waals surface area (Å²) >= 11 is 3.28. The van der Waals surface area contributed by atoms with E-state index in [0.717, 1.165) is 4.47 Å². The Balaban J connectivity index is 2.07. The minimum atomic E-state index is -3.55. The average Bonchev–Trinajstić information content (AvgIpc) is 2.70. The van der Waals surface area contributed by atoms with Crippen molar-refractivity contribution >= 4 is 26.0 Å². The lowest BCUT2D eigenvalue weighted by molar-refractivity contribution is -0.137. The number of aryl methyl sites for hydroxylation is 1. The SMILES string of the molecule is Cc1ccc(Br)cc1S(=O)(=O)NCC1COC(C)(C)O1. The van der Waals surface area contributed by atoms with E-state index in [0.29, 0.717) is 12.2 Å². The molecule has 1 atom stereocenters. The molecular weight excluding hydrogens is 346 g/mol. The number of hydrogen-bond acceptors (Lipinski definition) is 4. The third-order valence-corrected chi connectivity index (χ3v) is 5.07. The van der Waals surface area contributed by atoms with Gasteiger partial charge in [0.2, 0.25) is 10.0 Å². The fourth-order valence-electron chi connectivity index (χ4n) is 2.01. The van der Waals surface area contributed by atoms with E-state index in [1.807, 2.05) is 6.07 Å².